The van der Waals surface area contributed by atoms with E-state index in [9.17, 15) is 10.1 Å². The van der Waals surface area contributed by atoms with Crippen LogP contribution >= 0.6 is 0 Å². The summed E-state index contributed by atoms with van der Waals surface area (Å²) in [6, 6.07) is 2.94. The highest BCUT2D eigenvalue weighted by Crippen LogP contribution is 2.17. The number of nitrogens with zero attached hydrogens (tertiary/aromatic N) is 2. The predicted molar refractivity (Wildman–Crippen MR) is 58.0 cm³/mol. The fourth-order valence-electron chi connectivity index (χ4n) is 1.50. The van der Waals surface area contributed by atoms with Crippen molar-refractivity contribution >= 4 is 5.88 Å². The summed E-state index contributed by atoms with van der Waals surface area (Å²) >= 11 is 0. The van der Waals surface area contributed by atoms with Crippen molar-refractivity contribution in [2.75, 3.05) is 19.7 Å². The van der Waals surface area contributed by atoms with Crippen LogP contribution in [0.1, 0.15) is 19.1 Å². The van der Waals surface area contributed by atoms with Crippen molar-refractivity contribution in [2.45, 2.75) is 19.9 Å². The minimum absolute atomic E-state index is 0.0722. The molecule has 6 nitrogen and oxygen atoms in total. The van der Waals surface area contributed by atoms with Gasteiger partial charge < -0.3 is 9.52 Å². The Morgan fingerprint density at radius 3 is 2.75 bits per heavy atom. The minimum Gasteiger partial charge on any atom is -0.404 e. The lowest BCUT2D eigenvalue weighted by molar-refractivity contribution is -0.402. The first-order chi connectivity index (χ1) is 7.67. The second-order valence-corrected chi connectivity index (χ2v) is 3.50. The molecule has 1 aromatic heterocycles. The van der Waals surface area contributed by atoms with Gasteiger partial charge >= 0.3 is 5.88 Å². The second-order valence-electron chi connectivity index (χ2n) is 3.50. The maximum absolute atomic E-state index is 10.4. The molecule has 1 N–H and O–H groups in total. The fraction of sp³-hybridized carbons (Fsp3) is 0.600. The molecule has 0 bridgehead atoms. The molecule has 6 heteroatoms. The highest BCUT2D eigenvalue weighted by Gasteiger charge is 2.13. The Labute approximate surface area is 93.6 Å². The molecule has 1 aromatic rings. The summed E-state index contributed by atoms with van der Waals surface area (Å²) in [5.41, 5.74) is 0. The van der Waals surface area contributed by atoms with E-state index in [-0.39, 0.29) is 12.5 Å². The largest absolute Gasteiger partial charge is 0.433 e. The molecule has 0 aliphatic rings. The van der Waals surface area contributed by atoms with Gasteiger partial charge in [-0.25, -0.2) is 0 Å². The van der Waals surface area contributed by atoms with Crippen molar-refractivity contribution in [1.82, 2.24) is 4.90 Å². The summed E-state index contributed by atoms with van der Waals surface area (Å²) in [5.74, 6) is 0.309. The molecule has 0 atom stereocenters. The molecule has 0 saturated heterocycles. The van der Waals surface area contributed by atoms with E-state index in [0.717, 1.165) is 13.0 Å². The van der Waals surface area contributed by atoms with Gasteiger partial charge in [0.15, 0.2) is 0 Å². The molecule has 0 aliphatic carbocycles. The molecule has 0 saturated carbocycles. The first-order valence-corrected chi connectivity index (χ1v) is 5.23. The molecular weight excluding hydrogens is 212 g/mol. The van der Waals surface area contributed by atoms with Gasteiger partial charge in [-0.05, 0) is 19.0 Å². The number of nitro groups is 1. The first kappa shape index (κ1) is 12.7. The Kier molecular flexibility index (Phi) is 4.94. The van der Waals surface area contributed by atoms with Crippen LogP contribution in [0.15, 0.2) is 16.5 Å². The molecule has 0 unspecified atom stereocenters. The van der Waals surface area contributed by atoms with Crippen LogP contribution < -0.4 is 0 Å². The third-order valence-corrected chi connectivity index (χ3v) is 2.16. The Morgan fingerprint density at radius 1 is 1.50 bits per heavy atom. The highest BCUT2D eigenvalue weighted by molar-refractivity contribution is 5.17. The van der Waals surface area contributed by atoms with E-state index in [2.05, 4.69) is 0 Å². The molecule has 1 rings (SSSR count). The van der Waals surface area contributed by atoms with E-state index in [1.54, 1.807) is 6.07 Å². The van der Waals surface area contributed by atoms with Crippen LogP contribution in [0.2, 0.25) is 0 Å². The van der Waals surface area contributed by atoms with Crippen molar-refractivity contribution in [3.8, 4) is 0 Å². The van der Waals surface area contributed by atoms with Gasteiger partial charge in [-0.1, -0.05) is 6.92 Å². The Morgan fingerprint density at radius 2 is 2.25 bits per heavy atom. The second kappa shape index (κ2) is 6.24. The Bertz CT molecular complexity index is 331. The molecule has 1 heterocycles. The van der Waals surface area contributed by atoms with Gasteiger partial charge in [0.2, 0.25) is 0 Å². The van der Waals surface area contributed by atoms with Gasteiger partial charge in [0.05, 0.1) is 19.2 Å². The zero-order chi connectivity index (χ0) is 12.0. The van der Waals surface area contributed by atoms with E-state index in [0.29, 0.717) is 18.8 Å². The summed E-state index contributed by atoms with van der Waals surface area (Å²) < 4.78 is 5.05. The molecular formula is C10H16N2O4. The van der Waals surface area contributed by atoms with Crippen LogP contribution in [0.4, 0.5) is 5.88 Å². The molecule has 0 spiro atoms. The van der Waals surface area contributed by atoms with Crippen molar-refractivity contribution in [3.05, 3.63) is 28.0 Å². The zero-order valence-electron chi connectivity index (χ0n) is 9.26. The number of furan rings is 1. The molecule has 0 radical (unpaired) electrons. The van der Waals surface area contributed by atoms with Gasteiger partial charge in [0.1, 0.15) is 10.7 Å². The van der Waals surface area contributed by atoms with Crippen LogP contribution in [0.3, 0.4) is 0 Å². The lowest BCUT2D eigenvalue weighted by Gasteiger charge is -2.18. The first-order valence-electron chi connectivity index (χ1n) is 5.23. The third-order valence-electron chi connectivity index (χ3n) is 2.16. The van der Waals surface area contributed by atoms with Crippen molar-refractivity contribution < 1.29 is 14.4 Å². The lowest BCUT2D eigenvalue weighted by Crippen LogP contribution is -2.27. The summed E-state index contributed by atoms with van der Waals surface area (Å²) in [4.78, 5) is 11.8. The maximum Gasteiger partial charge on any atom is 0.433 e. The molecule has 0 amide bonds. The van der Waals surface area contributed by atoms with Crippen LogP contribution in [0.25, 0.3) is 0 Å². The number of aliphatic hydroxyl groups excluding tert-OH is 1. The summed E-state index contributed by atoms with van der Waals surface area (Å²) in [6.07, 6.45) is 0.961. The Hall–Kier alpha value is -1.40. The average molecular weight is 228 g/mol. The highest BCUT2D eigenvalue weighted by atomic mass is 16.6. The van der Waals surface area contributed by atoms with Gasteiger partial charge in [0, 0.05) is 6.54 Å². The minimum atomic E-state index is -0.556. The van der Waals surface area contributed by atoms with Gasteiger partial charge in [0.25, 0.3) is 0 Å². The normalized spacial score (nSPS) is 10.9. The van der Waals surface area contributed by atoms with Crippen LogP contribution in [0, 0.1) is 10.1 Å². The Balaban J connectivity index is 2.58. The lowest BCUT2D eigenvalue weighted by atomic mass is 10.3. The molecule has 0 aliphatic heterocycles. The topological polar surface area (TPSA) is 79.8 Å². The summed E-state index contributed by atoms with van der Waals surface area (Å²) in [7, 11) is 0. The van der Waals surface area contributed by atoms with Crippen molar-refractivity contribution in [2.24, 2.45) is 0 Å². The third kappa shape index (κ3) is 3.63. The SMILES string of the molecule is CCCN(CCO)Cc1ccc([N+](=O)[O-])o1. The zero-order valence-corrected chi connectivity index (χ0v) is 9.26. The van der Waals surface area contributed by atoms with Gasteiger partial charge in [-0.3, -0.25) is 15.0 Å². The van der Waals surface area contributed by atoms with Gasteiger partial charge in [-0.2, -0.15) is 0 Å². The average Bonchev–Trinajstić information content (AvgIpc) is 2.67. The predicted octanol–water partition coefficient (Wildman–Crippen LogP) is 1.39. The number of aliphatic hydroxyl groups is 1. The van der Waals surface area contributed by atoms with Crippen LogP contribution in [-0.2, 0) is 6.54 Å². The quantitative estimate of drug-likeness (QED) is 0.563. The van der Waals surface area contributed by atoms with E-state index in [1.165, 1.54) is 6.07 Å². The number of rotatable bonds is 7. The summed E-state index contributed by atoms with van der Waals surface area (Å²) in [5, 5.41) is 19.3. The maximum atomic E-state index is 10.4. The standard InChI is InChI=1S/C10H16N2O4/c1-2-5-11(6-7-13)8-9-3-4-10(16-9)12(14)15/h3-4,13H,2,5-8H2,1H3. The van der Waals surface area contributed by atoms with Gasteiger partial charge in [-0.15, -0.1) is 0 Å². The van der Waals surface area contributed by atoms with Crippen LogP contribution in [-0.4, -0.2) is 34.6 Å². The van der Waals surface area contributed by atoms with Crippen molar-refractivity contribution in [1.29, 1.82) is 0 Å². The van der Waals surface area contributed by atoms with Crippen LogP contribution in [0.5, 0.6) is 0 Å². The number of hydrogen-bond donors (Lipinski definition) is 1. The smallest absolute Gasteiger partial charge is 0.404 e. The molecule has 0 fully saturated rings. The molecule has 90 valence electrons. The van der Waals surface area contributed by atoms with Crippen molar-refractivity contribution in [3.63, 3.8) is 0 Å². The fourth-order valence-corrected chi connectivity index (χ4v) is 1.50. The van der Waals surface area contributed by atoms with E-state index in [4.69, 9.17) is 9.52 Å². The van der Waals surface area contributed by atoms with E-state index < -0.39 is 4.92 Å². The molecule has 16 heavy (non-hydrogen) atoms. The van der Waals surface area contributed by atoms with E-state index in [1.807, 2.05) is 11.8 Å². The summed E-state index contributed by atoms with van der Waals surface area (Å²) in [6.45, 7) is 3.97. The number of hydrogen-bond acceptors (Lipinski definition) is 5. The van der Waals surface area contributed by atoms with E-state index >= 15 is 0 Å². The molecule has 0 aromatic carbocycles. The monoisotopic (exact) mass is 228 g/mol.